The van der Waals surface area contributed by atoms with Crippen LogP contribution in [0.2, 0.25) is 0 Å². The van der Waals surface area contributed by atoms with Crippen molar-refractivity contribution in [1.29, 1.82) is 0 Å². The van der Waals surface area contributed by atoms with Gasteiger partial charge in [-0.15, -0.1) is 0 Å². The van der Waals surface area contributed by atoms with Crippen LogP contribution in [0.15, 0.2) is 29.2 Å². The van der Waals surface area contributed by atoms with Crippen molar-refractivity contribution in [1.82, 2.24) is 4.31 Å². The van der Waals surface area contributed by atoms with Crippen molar-refractivity contribution in [3.63, 3.8) is 0 Å². The SMILES string of the molecule is CCCCOC(=O)c1ccc(S(=O)(=O)N(C)C)cc1. The highest BCUT2D eigenvalue weighted by Gasteiger charge is 2.17. The number of carbonyl (C=O) groups excluding carboxylic acids is 1. The van der Waals surface area contributed by atoms with Gasteiger partial charge in [0.15, 0.2) is 0 Å². The van der Waals surface area contributed by atoms with Gasteiger partial charge in [0.1, 0.15) is 0 Å². The van der Waals surface area contributed by atoms with Crippen LogP contribution in [0, 0.1) is 0 Å². The zero-order valence-corrected chi connectivity index (χ0v) is 12.2. The van der Waals surface area contributed by atoms with E-state index in [4.69, 9.17) is 4.74 Å². The Morgan fingerprint density at radius 2 is 1.79 bits per heavy atom. The predicted molar refractivity (Wildman–Crippen MR) is 72.5 cm³/mol. The first-order valence-corrected chi connectivity index (χ1v) is 7.53. The molecule has 1 aromatic carbocycles. The molecule has 0 aliphatic heterocycles. The normalized spacial score (nSPS) is 11.6. The molecule has 0 spiro atoms. The third-order valence-electron chi connectivity index (χ3n) is 2.60. The highest BCUT2D eigenvalue weighted by molar-refractivity contribution is 7.89. The van der Waals surface area contributed by atoms with Crippen LogP contribution in [0.3, 0.4) is 0 Å². The summed E-state index contributed by atoms with van der Waals surface area (Å²) < 4.78 is 29.8. The average Bonchev–Trinajstić information content (AvgIpc) is 2.39. The maximum atomic E-state index is 11.8. The molecule has 0 saturated carbocycles. The maximum absolute atomic E-state index is 11.8. The fourth-order valence-corrected chi connectivity index (χ4v) is 2.27. The van der Waals surface area contributed by atoms with Crippen molar-refractivity contribution < 1.29 is 17.9 Å². The fourth-order valence-electron chi connectivity index (χ4n) is 1.37. The summed E-state index contributed by atoms with van der Waals surface area (Å²) >= 11 is 0. The first-order valence-electron chi connectivity index (χ1n) is 6.09. The van der Waals surface area contributed by atoms with Crippen LogP contribution in [0.5, 0.6) is 0 Å². The molecule has 19 heavy (non-hydrogen) atoms. The van der Waals surface area contributed by atoms with Crippen LogP contribution in [0.4, 0.5) is 0 Å². The molecule has 0 amide bonds. The number of nitrogens with zero attached hydrogens (tertiary/aromatic N) is 1. The van der Waals surface area contributed by atoms with Gasteiger partial charge in [-0.2, -0.15) is 0 Å². The van der Waals surface area contributed by atoms with Crippen molar-refractivity contribution in [3.05, 3.63) is 29.8 Å². The first-order chi connectivity index (χ1) is 8.89. The molecule has 1 rings (SSSR count). The molecule has 0 heterocycles. The summed E-state index contributed by atoms with van der Waals surface area (Å²) in [5, 5.41) is 0. The van der Waals surface area contributed by atoms with Crippen molar-refractivity contribution in [3.8, 4) is 0 Å². The molecule has 0 aliphatic carbocycles. The Kier molecular flexibility index (Phi) is 5.50. The summed E-state index contributed by atoms with van der Waals surface area (Å²) in [6, 6.07) is 5.74. The molecule has 106 valence electrons. The van der Waals surface area contributed by atoms with E-state index < -0.39 is 16.0 Å². The van der Waals surface area contributed by atoms with Gasteiger partial charge in [0, 0.05) is 14.1 Å². The quantitative estimate of drug-likeness (QED) is 0.591. The van der Waals surface area contributed by atoms with Gasteiger partial charge in [-0.05, 0) is 30.7 Å². The Morgan fingerprint density at radius 3 is 2.26 bits per heavy atom. The molecule has 5 nitrogen and oxygen atoms in total. The standard InChI is InChI=1S/C13H19NO4S/c1-4-5-10-18-13(15)11-6-8-12(9-7-11)19(16,17)14(2)3/h6-9H,4-5,10H2,1-3H3. The summed E-state index contributed by atoms with van der Waals surface area (Å²) in [6.07, 6.45) is 1.77. The van der Waals surface area contributed by atoms with Crippen LogP contribution < -0.4 is 0 Å². The lowest BCUT2D eigenvalue weighted by molar-refractivity contribution is 0.0499. The molecule has 0 aromatic heterocycles. The molecule has 0 N–H and O–H groups in total. The Labute approximate surface area is 114 Å². The minimum Gasteiger partial charge on any atom is -0.462 e. The van der Waals surface area contributed by atoms with Crippen molar-refractivity contribution in [2.45, 2.75) is 24.7 Å². The number of unbranched alkanes of at least 4 members (excludes halogenated alkanes) is 1. The van der Waals surface area contributed by atoms with Crippen molar-refractivity contribution >= 4 is 16.0 Å². The second kappa shape index (κ2) is 6.68. The maximum Gasteiger partial charge on any atom is 0.338 e. The molecule has 6 heteroatoms. The average molecular weight is 285 g/mol. The number of ether oxygens (including phenoxy) is 1. The third-order valence-corrected chi connectivity index (χ3v) is 4.43. The monoisotopic (exact) mass is 285 g/mol. The summed E-state index contributed by atoms with van der Waals surface area (Å²) in [4.78, 5) is 11.8. The lowest BCUT2D eigenvalue weighted by Gasteiger charge is -2.11. The molecule has 0 fully saturated rings. The minimum absolute atomic E-state index is 0.155. The summed E-state index contributed by atoms with van der Waals surface area (Å²) in [7, 11) is -0.538. The number of hydrogen-bond donors (Lipinski definition) is 0. The fraction of sp³-hybridized carbons (Fsp3) is 0.462. The number of carbonyl (C=O) groups is 1. The molecule has 0 saturated heterocycles. The molecular formula is C13H19NO4S. The van der Waals surface area contributed by atoms with Gasteiger partial charge >= 0.3 is 5.97 Å². The molecule has 0 unspecified atom stereocenters. The van der Waals surface area contributed by atoms with E-state index >= 15 is 0 Å². The van der Waals surface area contributed by atoms with Gasteiger partial charge in [-0.3, -0.25) is 0 Å². The van der Waals surface area contributed by atoms with E-state index in [1.54, 1.807) is 0 Å². The molecule has 0 radical (unpaired) electrons. The van der Waals surface area contributed by atoms with Gasteiger partial charge in [-0.1, -0.05) is 13.3 Å². The van der Waals surface area contributed by atoms with Gasteiger partial charge < -0.3 is 4.74 Å². The van der Waals surface area contributed by atoms with E-state index in [-0.39, 0.29) is 4.90 Å². The summed E-state index contributed by atoms with van der Waals surface area (Å²) in [5.41, 5.74) is 0.355. The van der Waals surface area contributed by atoms with E-state index in [2.05, 4.69) is 0 Å². The Bertz CT molecular complexity index is 520. The predicted octanol–water partition coefficient (Wildman–Crippen LogP) is 1.89. The highest BCUT2D eigenvalue weighted by Crippen LogP contribution is 2.14. The molecule has 0 atom stereocenters. The number of esters is 1. The van der Waals surface area contributed by atoms with Crippen LogP contribution in [-0.2, 0) is 14.8 Å². The number of hydrogen-bond acceptors (Lipinski definition) is 4. The van der Waals surface area contributed by atoms with Crippen LogP contribution in [-0.4, -0.2) is 39.4 Å². The van der Waals surface area contributed by atoms with Gasteiger partial charge in [0.2, 0.25) is 10.0 Å². The highest BCUT2D eigenvalue weighted by atomic mass is 32.2. The second-order valence-electron chi connectivity index (χ2n) is 4.30. The van der Waals surface area contributed by atoms with E-state index in [9.17, 15) is 13.2 Å². The molecule has 1 aromatic rings. The van der Waals surface area contributed by atoms with Crippen LogP contribution in [0.1, 0.15) is 30.1 Å². The van der Waals surface area contributed by atoms with Crippen molar-refractivity contribution in [2.75, 3.05) is 20.7 Å². The van der Waals surface area contributed by atoms with E-state index in [1.807, 2.05) is 6.92 Å². The number of benzene rings is 1. The van der Waals surface area contributed by atoms with Crippen molar-refractivity contribution in [2.24, 2.45) is 0 Å². The Hall–Kier alpha value is -1.40. The summed E-state index contributed by atoms with van der Waals surface area (Å²) in [6.45, 7) is 2.39. The molecule has 0 bridgehead atoms. The van der Waals surface area contributed by atoms with Gasteiger partial charge in [-0.25, -0.2) is 17.5 Å². The third kappa shape index (κ3) is 4.04. The zero-order chi connectivity index (χ0) is 14.5. The second-order valence-corrected chi connectivity index (χ2v) is 6.45. The van der Waals surface area contributed by atoms with E-state index in [1.165, 1.54) is 38.4 Å². The van der Waals surface area contributed by atoms with Gasteiger partial charge in [0.05, 0.1) is 17.1 Å². The Morgan fingerprint density at radius 1 is 1.21 bits per heavy atom. The Balaban J connectivity index is 2.80. The van der Waals surface area contributed by atoms with E-state index in [0.717, 1.165) is 17.1 Å². The smallest absolute Gasteiger partial charge is 0.338 e. The number of rotatable bonds is 6. The van der Waals surface area contributed by atoms with Crippen LogP contribution >= 0.6 is 0 Å². The summed E-state index contributed by atoms with van der Waals surface area (Å²) in [5.74, 6) is -0.428. The zero-order valence-electron chi connectivity index (χ0n) is 11.4. The largest absolute Gasteiger partial charge is 0.462 e. The molecular weight excluding hydrogens is 266 g/mol. The number of sulfonamides is 1. The topological polar surface area (TPSA) is 63.7 Å². The lowest BCUT2D eigenvalue weighted by atomic mass is 10.2. The van der Waals surface area contributed by atoms with Gasteiger partial charge in [0.25, 0.3) is 0 Å². The first kappa shape index (κ1) is 15.7. The minimum atomic E-state index is -3.46. The van der Waals surface area contributed by atoms with E-state index in [0.29, 0.717) is 12.2 Å². The lowest BCUT2D eigenvalue weighted by Crippen LogP contribution is -2.22. The molecule has 0 aliphatic rings. The van der Waals surface area contributed by atoms with Crippen LogP contribution in [0.25, 0.3) is 0 Å².